The Morgan fingerprint density at radius 2 is 2.00 bits per heavy atom. The maximum atomic E-state index is 12.7. The fourth-order valence-electron chi connectivity index (χ4n) is 4.58. The standard InChI is InChI=1S/C22H26N4OS/c1-28-22-23-12-19-20(24-22)14-26(21(19)27)13-15-5-6-16-7-9-25(18-3-2-4-18)10-8-17(16)11-15/h5-6,11-12,18H,2-4,7-10,13-14H2,1H3. The summed E-state index contributed by atoms with van der Waals surface area (Å²) in [4.78, 5) is 26.1. The van der Waals surface area contributed by atoms with E-state index in [9.17, 15) is 4.79 Å². The first-order valence-electron chi connectivity index (χ1n) is 10.2. The van der Waals surface area contributed by atoms with E-state index in [4.69, 9.17) is 0 Å². The number of carbonyl (C=O) groups is 1. The average Bonchev–Trinajstić information content (AvgIpc) is 2.84. The van der Waals surface area contributed by atoms with E-state index in [-0.39, 0.29) is 5.91 Å². The van der Waals surface area contributed by atoms with Gasteiger partial charge in [0.25, 0.3) is 5.91 Å². The van der Waals surface area contributed by atoms with E-state index in [1.165, 1.54) is 60.8 Å². The molecule has 0 bridgehead atoms. The molecule has 3 heterocycles. The molecule has 2 aliphatic heterocycles. The Bertz CT molecular complexity index is 911. The van der Waals surface area contributed by atoms with Gasteiger partial charge >= 0.3 is 0 Å². The Labute approximate surface area is 170 Å². The van der Waals surface area contributed by atoms with Crippen molar-refractivity contribution in [3.8, 4) is 0 Å². The molecule has 0 spiro atoms. The third-order valence-electron chi connectivity index (χ3n) is 6.46. The van der Waals surface area contributed by atoms with Gasteiger partial charge in [0.2, 0.25) is 0 Å². The molecule has 0 N–H and O–H groups in total. The Balaban J connectivity index is 1.29. The first kappa shape index (κ1) is 18.1. The Hall–Kier alpha value is -1.92. The zero-order chi connectivity index (χ0) is 19.1. The van der Waals surface area contributed by atoms with Crippen molar-refractivity contribution < 1.29 is 4.79 Å². The first-order chi connectivity index (χ1) is 13.7. The van der Waals surface area contributed by atoms with Gasteiger partial charge in [0.05, 0.1) is 17.8 Å². The van der Waals surface area contributed by atoms with Crippen LogP contribution in [0.25, 0.3) is 0 Å². The van der Waals surface area contributed by atoms with Crippen molar-refractivity contribution in [1.29, 1.82) is 0 Å². The molecule has 1 aromatic carbocycles. The van der Waals surface area contributed by atoms with Gasteiger partial charge in [-0.1, -0.05) is 36.4 Å². The highest BCUT2D eigenvalue weighted by molar-refractivity contribution is 7.98. The molecule has 0 unspecified atom stereocenters. The molecule has 0 atom stereocenters. The predicted molar refractivity (Wildman–Crippen MR) is 110 cm³/mol. The number of thioether (sulfide) groups is 1. The second kappa shape index (κ2) is 7.48. The Kier molecular flexibility index (Phi) is 4.85. The number of amides is 1. The van der Waals surface area contributed by atoms with E-state index in [0.29, 0.717) is 18.7 Å². The summed E-state index contributed by atoms with van der Waals surface area (Å²) >= 11 is 1.51. The monoisotopic (exact) mass is 394 g/mol. The van der Waals surface area contributed by atoms with Crippen molar-refractivity contribution in [3.05, 3.63) is 52.3 Å². The summed E-state index contributed by atoms with van der Waals surface area (Å²) in [5, 5.41) is 0.731. The molecule has 5 rings (SSSR count). The fraction of sp³-hybridized carbons (Fsp3) is 0.500. The molecule has 1 fully saturated rings. The molecule has 3 aliphatic rings. The van der Waals surface area contributed by atoms with E-state index >= 15 is 0 Å². The number of aromatic nitrogens is 2. The van der Waals surface area contributed by atoms with Gasteiger partial charge < -0.3 is 4.90 Å². The minimum absolute atomic E-state index is 0.0498. The predicted octanol–water partition coefficient (Wildman–Crippen LogP) is 3.31. The van der Waals surface area contributed by atoms with Gasteiger partial charge in [0.1, 0.15) is 0 Å². The third-order valence-corrected chi connectivity index (χ3v) is 7.02. The highest BCUT2D eigenvalue weighted by Gasteiger charge is 2.30. The molecule has 2 aromatic rings. The lowest BCUT2D eigenvalue weighted by atomic mass is 9.91. The molecule has 1 aromatic heterocycles. The molecule has 1 aliphatic carbocycles. The lowest BCUT2D eigenvalue weighted by Gasteiger charge is -2.36. The van der Waals surface area contributed by atoms with Crippen LogP contribution in [0.15, 0.2) is 29.6 Å². The van der Waals surface area contributed by atoms with Gasteiger partial charge in [-0.2, -0.15) is 0 Å². The van der Waals surface area contributed by atoms with Gasteiger partial charge in [-0.25, -0.2) is 9.97 Å². The van der Waals surface area contributed by atoms with E-state index in [0.717, 1.165) is 29.7 Å². The van der Waals surface area contributed by atoms with Crippen molar-refractivity contribution in [1.82, 2.24) is 19.8 Å². The number of benzene rings is 1. The molecule has 5 nitrogen and oxygen atoms in total. The molecule has 146 valence electrons. The van der Waals surface area contributed by atoms with Crippen molar-refractivity contribution >= 4 is 17.7 Å². The molecule has 6 heteroatoms. The van der Waals surface area contributed by atoms with Gasteiger partial charge in [0.15, 0.2) is 5.16 Å². The van der Waals surface area contributed by atoms with Crippen LogP contribution in [0.1, 0.15) is 52.0 Å². The Morgan fingerprint density at radius 1 is 1.18 bits per heavy atom. The highest BCUT2D eigenvalue weighted by atomic mass is 32.2. The van der Waals surface area contributed by atoms with Crippen LogP contribution in [-0.2, 0) is 25.9 Å². The zero-order valence-electron chi connectivity index (χ0n) is 16.4. The molecule has 0 saturated heterocycles. The number of rotatable bonds is 4. The van der Waals surface area contributed by atoms with Crippen molar-refractivity contribution in [3.63, 3.8) is 0 Å². The quantitative estimate of drug-likeness (QED) is 0.588. The number of hydrogen-bond acceptors (Lipinski definition) is 5. The Morgan fingerprint density at radius 3 is 2.75 bits per heavy atom. The molecular weight excluding hydrogens is 368 g/mol. The van der Waals surface area contributed by atoms with Crippen molar-refractivity contribution in [2.75, 3.05) is 19.3 Å². The van der Waals surface area contributed by atoms with Crippen LogP contribution in [0.2, 0.25) is 0 Å². The van der Waals surface area contributed by atoms with E-state index in [1.807, 2.05) is 11.2 Å². The van der Waals surface area contributed by atoms with Gasteiger partial charge in [-0.05, 0) is 48.6 Å². The van der Waals surface area contributed by atoms with Gasteiger partial charge in [0, 0.05) is 31.9 Å². The summed E-state index contributed by atoms with van der Waals surface area (Å²) in [7, 11) is 0. The number of carbonyl (C=O) groups excluding carboxylic acids is 1. The summed E-state index contributed by atoms with van der Waals surface area (Å²) in [5.41, 5.74) is 5.68. The average molecular weight is 395 g/mol. The topological polar surface area (TPSA) is 49.3 Å². The summed E-state index contributed by atoms with van der Waals surface area (Å²) < 4.78 is 0. The molecular formula is C22H26N4OS. The van der Waals surface area contributed by atoms with Crippen LogP contribution < -0.4 is 0 Å². The van der Waals surface area contributed by atoms with Crippen LogP contribution in [0.4, 0.5) is 0 Å². The van der Waals surface area contributed by atoms with E-state index < -0.39 is 0 Å². The molecule has 28 heavy (non-hydrogen) atoms. The fourth-order valence-corrected chi connectivity index (χ4v) is 4.94. The van der Waals surface area contributed by atoms with Crippen LogP contribution in [0.3, 0.4) is 0 Å². The second-order valence-corrected chi connectivity index (χ2v) is 8.88. The minimum atomic E-state index is 0.0498. The molecule has 1 amide bonds. The van der Waals surface area contributed by atoms with Crippen molar-refractivity contribution in [2.24, 2.45) is 0 Å². The number of hydrogen-bond donors (Lipinski definition) is 0. The SMILES string of the molecule is CSc1ncc2c(n1)CN(Cc1ccc3c(c1)CCN(C1CCC1)CC3)C2=O. The maximum Gasteiger partial charge on any atom is 0.258 e. The highest BCUT2D eigenvalue weighted by Crippen LogP contribution is 2.29. The van der Waals surface area contributed by atoms with Crippen LogP contribution >= 0.6 is 11.8 Å². The van der Waals surface area contributed by atoms with Crippen molar-refractivity contribution in [2.45, 2.75) is 56.4 Å². The van der Waals surface area contributed by atoms with Crippen LogP contribution in [0, 0.1) is 0 Å². The smallest absolute Gasteiger partial charge is 0.258 e. The van der Waals surface area contributed by atoms with Crippen LogP contribution in [0.5, 0.6) is 0 Å². The summed E-state index contributed by atoms with van der Waals surface area (Å²) in [6.07, 6.45) is 10.1. The maximum absolute atomic E-state index is 12.7. The lowest BCUT2D eigenvalue weighted by molar-refractivity contribution is 0.0766. The summed E-state index contributed by atoms with van der Waals surface area (Å²) in [5.74, 6) is 0.0498. The van der Waals surface area contributed by atoms with E-state index in [2.05, 4.69) is 33.1 Å². The molecule has 1 saturated carbocycles. The summed E-state index contributed by atoms with van der Waals surface area (Å²) in [6, 6.07) is 7.64. The first-order valence-corrected chi connectivity index (χ1v) is 11.5. The van der Waals surface area contributed by atoms with Crippen LogP contribution in [-0.4, -0.2) is 51.1 Å². The van der Waals surface area contributed by atoms with Gasteiger partial charge in [-0.3, -0.25) is 9.69 Å². The minimum Gasteiger partial charge on any atom is -0.328 e. The molecule has 0 radical (unpaired) electrons. The lowest BCUT2D eigenvalue weighted by Crippen LogP contribution is -2.41. The second-order valence-electron chi connectivity index (χ2n) is 8.10. The van der Waals surface area contributed by atoms with E-state index in [1.54, 1.807) is 6.20 Å². The van der Waals surface area contributed by atoms with Gasteiger partial charge in [-0.15, -0.1) is 0 Å². The third kappa shape index (κ3) is 3.33. The number of nitrogens with zero attached hydrogens (tertiary/aromatic N) is 4. The largest absolute Gasteiger partial charge is 0.328 e. The summed E-state index contributed by atoms with van der Waals surface area (Å²) in [6.45, 7) is 3.58. The normalized spacial score (nSPS) is 19.9. The number of fused-ring (bicyclic) bond motifs is 2. The zero-order valence-corrected chi connectivity index (χ0v) is 17.2.